The molecule has 2 atom stereocenters. The zero-order valence-corrected chi connectivity index (χ0v) is 19.6. The number of aliphatic hydroxyl groups is 1. The number of hydrogen-bond donors (Lipinski definition) is 3. The number of rotatable bonds is 6. The highest BCUT2D eigenvalue weighted by atomic mass is 31.2. The van der Waals surface area contributed by atoms with Crippen LogP contribution in [-0.2, 0) is 29.3 Å². The van der Waals surface area contributed by atoms with E-state index in [9.17, 15) is 28.8 Å². The second kappa shape index (κ2) is 9.52. The lowest BCUT2D eigenvalue weighted by molar-refractivity contribution is -0.0580. The minimum atomic E-state index is -5.15. The Bertz CT molecular complexity index is 1080. The highest BCUT2D eigenvalue weighted by Crippen LogP contribution is 2.79. The second-order valence-corrected chi connectivity index (χ2v) is 11.7. The van der Waals surface area contributed by atoms with Gasteiger partial charge in [0.15, 0.2) is 11.5 Å². The van der Waals surface area contributed by atoms with E-state index in [1.165, 1.54) is 49.8 Å². The quantitative estimate of drug-likeness (QED) is 0.299. The Hall–Kier alpha value is -2.30. The fraction of sp³-hybridized carbons (Fsp3) is 0.368. The minimum absolute atomic E-state index is 0.0107. The second-order valence-electron chi connectivity index (χ2n) is 7.32. The van der Waals surface area contributed by atoms with Crippen LogP contribution in [0.2, 0.25) is 0 Å². The number of carbonyl (C=O) groups is 1. The highest BCUT2D eigenvalue weighted by Gasteiger charge is 2.67. The molecule has 0 spiro atoms. The molecule has 2 heterocycles. The predicted molar refractivity (Wildman–Crippen MR) is 113 cm³/mol. The molecule has 1 aliphatic heterocycles. The van der Waals surface area contributed by atoms with Crippen LogP contribution in [0.4, 0.5) is 4.79 Å². The lowest BCUT2D eigenvalue weighted by atomic mass is 10.2. The van der Waals surface area contributed by atoms with E-state index in [1.54, 1.807) is 13.8 Å². The molecule has 1 fully saturated rings. The number of pyridine rings is 1. The van der Waals surface area contributed by atoms with Crippen molar-refractivity contribution in [1.29, 1.82) is 0 Å². The predicted octanol–water partition coefficient (Wildman–Crippen LogP) is 3.32. The number of nitrogens with zero attached hydrogens (tertiary/aromatic N) is 1. The van der Waals surface area contributed by atoms with Crippen LogP contribution in [0.1, 0.15) is 31.3 Å². The van der Waals surface area contributed by atoms with Gasteiger partial charge in [-0.3, -0.25) is 23.2 Å². The Kier molecular flexibility index (Phi) is 7.30. The molecule has 1 saturated heterocycles. The van der Waals surface area contributed by atoms with Crippen molar-refractivity contribution in [2.24, 2.45) is 0 Å². The molecule has 3 N–H and O–H groups in total. The molecule has 0 aliphatic carbocycles. The lowest BCUT2D eigenvalue weighted by Crippen LogP contribution is -2.37. The SMILES string of the molecule is COc1cc(C2OP(=O)(O)C(O)(Cc3cccnc3)P(=O)(O)O2)ccc1OC(=O)OC(C)C. The van der Waals surface area contributed by atoms with E-state index >= 15 is 0 Å². The standard InChI is InChI=1S/C19H23NO11P2/c1-12(2)28-18(21)29-15-7-6-14(9-16(15)27-3)17-30-32(23,24)19(22,33(25,26)31-17)10-13-5-4-8-20-11-13/h4-9,11-12,17,22H,10H2,1-3H3,(H,23,24)(H,25,26). The summed E-state index contributed by atoms with van der Waals surface area (Å²) in [4.78, 5) is 36.4. The third-order valence-corrected chi connectivity index (χ3v) is 9.13. The monoisotopic (exact) mass is 503 g/mol. The third kappa shape index (κ3) is 5.28. The fourth-order valence-corrected chi connectivity index (χ4v) is 6.51. The molecule has 33 heavy (non-hydrogen) atoms. The normalized spacial score (nSPS) is 29.5. The van der Waals surface area contributed by atoms with Crippen molar-refractivity contribution >= 4 is 21.3 Å². The first kappa shape index (κ1) is 25.3. The van der Waals surface area contributed by atoms with Gasteiger partial charge in [0.1, 0.15) is 0 Å². The largest absolute Gasteiger partial charge is 0.514 e. The Balaban J connectivity index is 1.88. The van der Waals surface area contributed by atoms with Crippen molar-refractivity contribution in [3.8, 4) is 11.5 Å². The van der Waals surface area contributed by atoms with Crippen molar-refractivity contribution in [3.63, 3.8) is 0 Å². The average Bonchev–Trinajstić information content (AvgIpc) is 2.72. The van der Waals surface area contributed by atoms with Crippen molar-refractivity contribution in [3.05, 3.63) is 53.9 Å². The van der Waals surface area contributed by atoms with E-state index < -0.39 is 45.2 Å². The van der Waals surface area contributed by atoms with Gasteiger partial charge >= 0.3 is 21.3 Å². The Morgan fingerprint density at radius 3 is 2.39 bits per heavy atom. The molecular weight excluding hydrogens is 480 g/mol. The van der Waals surface area contributed by atoms with Crippen LogP contribution in [0.15, 0.2) is 42.7 Å². The summed E-state index contributed by atoms with van der Waals surface area (Å²) in [6.45, 7) is 3.27. The van der Waals surface area contributed by atoms with E-state index in [0.717, 1.165) is 0 Å². The van der Waals surface area contributed by atoms with Gasteiger partial charge in [-0.15, -0.1) is 0 Å². The molecule has 12 nitrogen and oxygen atoms in total. The van der Waals surface area contributed by atoms with Gasteiger partial charge in [-0.2, -0.15) is 0 Å². The molecule has 14 heteroatoms. The highest BCUT2D eigenvalue weighted by molar-refractivity contribution is 7.73. The first-order valence-electron chi connectivity index (χ1n) is 9.59. The molecule has 1 aliphatic rings. The molecule has 0 amide bonds. The summed E-state index contributed by atoms with van der Waals surface area (Å²) in [5.41, 5.74) is 0.203. The van der Waals surface area contributed by atoms with Crippen molar-refractivity contribution in [2.75, 3.05) is 7.11 Å². The van der Waals surface area contributed by atoms with E-state index in [2.05, 4.69) is 4.98 Å². The van der Waals surface area contributed by atoms with Crippen LogP contribution < -0.4 is 9.47 Å². The van der Waals surface area contributed by atoms with Gasteiger partial charge in [0.05, 0.1) is 13.2 Å². The molecule has 1 aromatic heterocycles. The summed E-state index contributed by atoms with van der Waals surface area (Å²) >= 11 is 0. The molecule has 2 aromatic rings. The average molecular weight is 503 g/mol. The Labute approximate surface area is 189 Å². The topological polar surface area (TPSA) is 171 Å². The molecule has 180 valence electrons. The Morgan fingerprint density at radius 2 is 1.85 bits per heavy atom. The summed E-state index contributed by atoms with van der Waals surface area (Å²) in [6, 6.07) is 6.67. The molecule has 3 rings (SSSR count). The van der Waals surface area contributed by atoms with Crippen LogP contribution >= 0.6 is 15.2 Å². The summed E-state index contributed by atoms with van der Waals surface area (Å²) in [5.74, 6) is -0.0627. The van der Waals surface area contributed by atoms with Crippen LogP contribution in [0, 0.1) is 0 Å². The zero-order chi connectivity index (χ0) is 24.4. The number of carbonyl (C=O) groups excluding carboxylic acids is 1. The van der Waals surface area contributed by atoms with Gasteiger partial charge in [-0.05, 0) is 43.7 Å². The van der Waals surface area contributed by atoms with Crippen LogP contribution in [-0.4, -0.2) is 44.3 Å². The van der Waals surface area contributed by atoms with E-state index in [-0.39, 0.29) is 22.6 Å². The number of ether oxygens (including phenoxy) is 3. The van der Waals surface area contributed by atoms with Gasteiger partial charge in [0, 0.05) is 24.4 Å². The lowest BCUT2D eigenvalue weighted by Gasteiger charge is -2.41. The first-order chi connectivity index (χ1) is 15.4. The summed E-state index contributed by atoms with van der Waals surface area (Å²) in [6.07, 6.45) is -1.24. The fourth-order valence-electron chi connectivity index (χ4n) is 2.93. The molecule has 0 radical (unpaired) electrons. The minimum Gasteiger partial charge on any atom is -0.493 e. The molecular formula is C19H23NO11P2. The van der Waals surface area contributed by atoms with Crippen LogP contribution in [0.25, 0.3) is 0 Å². The summed E-state index contributed by atoms with van der Waals surface area (Å²) in [5, 5.41) is 7.64. The molecule has 0 saturated carbocycles. The summed E-state index contributed by atoms with van der Waals surface area (Å²) < 4.78 is 51.0. The zero-order valence-electron chi connectivity index (χ0n) is 17.9. The maximum Gasteiger partial charge on any atom is 0.514 e. The molecule has 0 bridgehead atoms. The van der Waals surface area contributed by atoms with Crippen molar-refractivity contribution in [2.45, 2.75) is 37.7 Å². The maximum atomic E-state index is 12.9. The van der Waals surface area contributed by atoms with Crippen LogP contribution in [0.5, 0.6) is 11.5 Å². The number of methoxy groups -OCH3 is 1. The van der Waals surface area contributed by atoms with Gasteiger partial charge < -0.3 is 29.1 Å². The Morgan fingerprint density at radius 1 is 1.18 bits per heavy atom. The first-order valence-corrected chi connectivity index (χ1v) is 12.7. The number of benzene rings is 1. The van der Waals surface area contributed by atoms with Gasteiger partial charge in [-0.25, -0.2) is 4.79 Å². The number of hydrogen-bond acceptors (Lipinski definition) is 10. The van der Waals surface area contributed by atoms with Crippen molar-refractivity contribution < 1.29 is 52.1 Å². The van der Waals surface area contributed by atoms with Gasteiger partial charge in [-0.1, -0.05) is 6.07 Å². The number of aromatic nitrogens is 1. The van der Waals surface area contributed by atoms with Crippen LogP contribution in [0.3, 0.4) is 0 Å². The third-order valence-electron chi connectivity index (χ3n) is 4.53. The van der Waals surface area contributed by atoms with E-state index in [0.29, 0.717) is 0 Å². The van der Waals surface area contributed by atoms with E-state index in [4.69, 9.17) is 23.3 Å². The molecule has 1 aromatic carbocycles. The van der Waals surface area contributed by atoms with Gasteiger partial charge in [0.2, 0.25) is 6.29 Å². The van der Waals surface area contributed by atoms with E-state index in [1.807, 2.05) is 0 Å². The maximum absolute atomic E-state index is 12.9. The van der Waals surface area contributed by atoms with Crippen molar-refractivity contribution in [1.82, 2.24) is 4.98 Å². The molecule has 2 unspecified atom stereocenters. The summed E-state index contributed by atoms with van der Waals surface area (Å²) in [7, 11) is -9.03. The van der Waals surface area contributed by atoms with Gasteiger partial charge in [0.25, 0.3) is 5.08 Å². The smallest absolute Gasteiger partial charge is 0.493 e.